The largest absolute Gasteiger partial charge is 0.443 e. The van der Waals surface area contributed by atoms with Gasteiger partial charge in [-0.1, -0.05) is 26.7 Å². The Labute approximate surface area is 115 Å². The molecule has 0 bridgehead atoms. The summed E-state index contributed by atoms with van der Waals surface area (Å²) in [4.78, 5) is 4.26. The smallest absolute Gasteiger partial charge is 0.309 e. The van der Waals surface area contributed by atoms with Gasteiger partial charge in [0.1, 0.15) is 0 Å². The van der Waals surface area contributed by atoms with E-state index in [1.165, 1.54) is 12.6 Å². The standard InChI is InChI=1S/C13H19F3N2S/c1-3-17-11(9-6-4-5-8(9)2)10-7-18-12(19-10)13(14,15)16/h7-9,11,17H,3-6H2,1-2H3. The molecule has 6 heteroatoms. The van der Waals surface area contributed by atoms with Gasteiger partial charge in [0.05, 0.1) is 0 Å². The fourth-order valence-corrected chi connectivity index (χ4v) is 3.85. The van der Waals surface area contributed by atoms with Gasteiger partial charge in [0.25, 0.3) is 0 Å². The molecule has 1 aliphatic rings. The summed E-state index contributed by atoms with van der Waals surface area (Å²) in [6.07, 6.45) is 0.473. The van der Waals surface area contributed by atoms with E-state index < -0.39 is 11.2 Å². The zero-order chi connectivity index (χ0) is 14.0. The van der Waals surface area contributed by atoms with Crippen LogP contribution in [0.5, 0.6) is 0 Å². The number of nitrogens with one attached hydrogen (secondary N) is 1. The van der Waals surface area contributed by atoms with Crippen molar-refractivity contribution in [3.8, 4) is 0 Å². The van der Waals surface area contributed by atoms with Crippen molar-refractivity contribution in [2.24, 2.45) is 11.8 Å². The molecule has 0 saturated heterocycles. The van der Waals surface area contributed by atoms with Crippen LogP contribution < -0.4 is 5.32 Å². The molecule has 0 aliphatic heterocycles. The molecular weight excluding hydrogens is 273 g/mol. The van der Waals surface area contributed by atoms with Crippen LogP contribution in [0.15, 0.2) is 6.20 Å². The predicted molar refractivity (Wildman–Crippen MR) is 70.0 cm³/mol. The summed E-state index contributed by atoms with van der Waals surface area (Å²) in [7, 11) is 0. The molecule has 1 aromatic rings. The van der Waals surface area contributed by atoms with Gasteiger partial charge >= 0.3 is 6.18 Å². The molecule has 2 nitrogen and oxygen atoms in total. The van der Waals surface area contributed by atoms with Gasteiger partial charge in [0.15, 0.2) is 5.01 Å². The molecule has 1 fully saturated rings. The van der Waals surface area contributed by atoms with Gasteiger partial charge in [-0.05, 0) is 24.8 Å². The number of aromatic nitrogens is 1. The molecular formula is C13H19F3N2S. The van der Waals surface area contributed by atoms with Gasteiger partial charge in [-0.3, -0.25) is 0 Å². The van der Waals surface area contributed by atoms with Crippen LogP contribution in [0.1, 0.15) is 49.0 Å². The predicted octanol–water partition coefficient (Wildman–Crippen LogP) is 4.25. The van der Waals surface area contributed by atoms with Gasteiger partial charge in [0, 0.05) is 17.1 Å². The average molecular weight is 292 g/mol. The van der Waals surface area contributed by atoms with Crippen LogP contribution >= 0.6 is 11.3 Å². The number of hydrogen-bond donors (Lipinski definition) is 1. The van der Waals surface area contributed by atoms with Crippen molar-refractivity contribution < 1.29 is 13.2 Å². The highest BCUT2D eigenvalue weighted by Crippen LogP contribution is 2.43. The monoisotopic (exact) mass is 292 g/mol. The Morgan fingerprint density at radius 2 is 2.21 bits per heavy atom. The van der Waals surface area contributed by atoms with Crippen molar-refractivity contribution in [3.63, 3.8) is 0 Å². The molecule has 0 spiro atoms. The third-order valence-corrected chi connectivity index (χ3v) is 4.98. The van der Waals surface area contributed by atoms with E-state index in [-0.39, 0.29) is 6.04 Å². The fraction of sp³-hybridized carbons (Fsp3) is 0.769. The summed E-state index contributed by atoms with van der Waals surface area (Å²) >= 11 is 0.778. The number of halogens is 3. The van der Waals surface area contributed by atoms with E-state index in [1.54, 1.807) is 0 Å². The highest BCUT2D eigenvalue weighted by atomic mass is 32.1. The number of hydrogen-bond acceptors (Lipinski definition) is 3. The lowest BCUT2D eigenvalue weighted by Crippen LogP contribution is -2.29. The Bertz CT molecular complexity index is 416. The zero-order valence-corrected chi connectivity index (χ0v) is 11.9. The fourth-order valence-electron chi connectivity index (χ4n) is 2.91. The highest BCUT2D eigenvalue weighted by molar-refractivity contribution is 7.11. The minimum atomic E-state index is -4.33. The second-order valence-electron chi connectivity index (χ2n) is 5.17. The summed E-state index contributed by atoms with van der Waals surface area (Å²) in [6.45, 7) is 4.93. The molecule has 1 aromatic heterocycles. The number of alkyl halides is 3. The lowest BCUT2D eigenvalue weighted by Gasteiger charge is -2.26. The Balaban J connectivity index is 2.21. The molecule has 2 rings (SSSR count). The second kappa shape index (κ2) is 5.79. The molecule has 0 amide bonds. The van der Waals surface area contributed by atoms with Crippen molar-refractivity contribution in [1.29, 1.82) is 0 Å². The number of nitrogens with zero attached hydrogens (tertiary/aromatic N) is 1. The van der Waals surface area contributed by atoms with E-state index in [0.717, 1.165) is 30.7 Å². The average Bonchev–Trinajstić information content (AvgIpc) is 2.94. The van der Waals surface area contributed by atoms with Gasteiger partial charge in [-0.2, -0.15) is 13.2 Å². The topological polar surface area (TPSA) is 24.9 Å². The van der Waals surface area contributed by atoms with Gasteiger partial charge in [0.2, 0.25) is 0 Å². The SMILES string of the molecule is CCNC(c1cnc(C(F)(F)F)s1)C1CCCC1C. The number of thiazole rings is 1. The van der Waals surface area contributed by atoms with Crippen molar-refractivity contribution >= 4 is 11.3 Å². The van der Waals surface area contributed by atoms with Crippen molar-refractivity contribution in [2.45, 2.75) is 45.3 Å². The van der Waals surface area contributed by atoms with Crippen molar-refractivity contribution in [3.05, 3.63) is 16.1 Å². The second-order valence-corrected chi connectivity index (χ2v) is 6.24. The van der Waals surface area contributed by atoms with Crippen LogP contribution in [0, 0.1) is 11.8 Å². The quantitative estimate of drug-likeness (QED) is 0.897. The van der Waals surface area contributed by atoms with Gasteiger partial charge in [-0.15, -0.1) is 11.3 Å². The van der Waals surface area contributed by atoms with Crippen molar-refractivity contribution in [1.82, 2.24) is 10.3 Å². The normalized spacial score (nSPS) is 25.7. The lowest BCUT2D eigenvalue weighted by molar-refractivity contribution is -0.137. The zero-order valence-electron chi connectivity index (χ0n) is 11.1. The number of rotatable bonds is 4. The molecule has 1 saturated carbocycles. The third-order valence-electron chi connectivity index (χ3n) is 3.85. The maximum Gasteiger partial charge on any atom is 0.443 e. The molecule has 1 N–H and O–H groups in total. The molecule has 0 radical (unpaired) electrons. The summed E-state index contributed by atoms with van der Waals surface area (Å²) in [5.41, 5.74) is 0. The Hall–Kier alpha value is -0.620. The molecule has 108 valence electrons. The van der Waals surface area contributed by atoms with Crippen LogP contribution in [0.2, 0.25) is 0 Å². The molecule has 3 unspecified atom stereocenters. The highest BCUT2D eigenvalue weighted by Gasteiger charge is 2.37. The molecule has 1 heterocycles. The van der Waals surface area contributed by atoms with E-state index in [1.807, 2.05) is 6.92 Å². The minimum Gasteiger partial charge on any atom is -0.309 e. The summed E-state index contributed by atoms with van der Waals surface area (Å²) in [5.74, 6) is 0.974. The first kappa shape index (κ1) is 14.8. The summed E-state index contributed by atoms with van der Waals surface area (Å²) < 4.78 is 37.9. The van der Waals surface area contributed by atoms with E-state index in [0.29, 0.717) is 16.7 Å². The molecule has 1 aliphatic carbocycles. The Morgan fingerprint density at radius 1 is 1.47 bits per heavy atom. The van der Waals surface area contributed by atoms with Crippen LogP contribution in [0.25, 0.3) is 0 Å². The van der Waals surface area contributed by atoms with Crippen LogP contribution in [-0.2, 0) is 6.18 Å². The first-order valence-corrected chi connectivity index (χ1v) is 7.51. The maximum absolute atomic E-state index is 12.6. The van der Waals surface area contributed by atoms with Gasteiger partial charge < -0.3 is 5.32 Å². The summed E-state index contributed by atoms with van der Waals surface area (Å²) in [6, 6.07) is 0.0103. The molecule has 0 aromatic carbocycles. The third kappa shape index (κ3) is 3.28. The van der Waals surface area contributed by atoms with E-state index in [4.69, 9.17) is 0 Å². The Kier molecular flexibility index (Phi) is 4.50. The van der Waals surface area contributed by atoms with Crippen LogP contribution in [0.3, 0.4) is 0 Å². The molecule has 3 atom stereocenters. The lowest BCUT2D eigenvalue weighted by atomic mass is 9.89. The van der Waals surface area contributed by atoms with Crippen LogP contribution in [-0.4, -0.2) is 11.5 Å². The van der Waals surface area contributed by atoms with E-state index in [2.05, 4.69) is 17.2 Å². The van der Waals surface area contributed by atoms with Crippen molar-refractivity contribution in [2.75, 3.05) is 6.54 Å². The van der Waals surface area contributed by atoms with Crippen LogP contribution in [0.4, 0.5) is 13.2 Å². The summed E-state index contributed by atoms with van der Waals surface area (Å²) in [5, 5.41) is 2.60. The first-order chi connectivity index (χ1) is 8.93. The van der Waals surface area contributed by atoms with E-state index >= 15 is 0 Å². The molecule has 19 heavy (non-hydrogen) atoms. The van der Waals surface area contributed by atoms with E-state index in [9.17, 15) is 13.2 Å². The minimum absolute atomic E-state index is 0.0103. The Morgan fingerprint density at radius 3 is 2.68 bits per heavy atom. The first-order valence-electron chi connectivity index (χ1n) is 6.69. The van der Waals surface area contributed by atoms with Gasteiger partial charge in [-0.25, -0.2) is 4.98 Å². The maximum atomic E-state index is 12.6.